The van der Waals surface area contributed by atoms with Crippen molar-refractivity contribution in [3.05, 3.63) is 58.6 Å². The second-order valence-corrected chi connectivity index (χ2v) is 5.53. The normalized spacial score (nSPS) is 25.9. The van der Waals surface area contributed by atoms with Crippen LogP contribution in [0.25, 0.3) is 0 Å². The first kappa shape index (κ1) is 21.1. The molecule has 2 heterocycles. The van der Waals surface area contributed by atoms with Crippen LogP contribution in [0.1, 0.15) is 6.23 Å². The number of benzene rings is 1. The quantitative estimate of drug-likeness (QED) is 0.643. The van der Waals surface area contributed by atoms with Crippen molar-refractivity contribution in [1.29, 1.82) is 0 Å². The Morgan fingerprint density at radius 2 is 2.19 bits per heavy atom. The molecule has 1 aromatic carbocycles. The Morgan fingerprint density at radius 3 is 2.81 bits per heavy atom. The van der Waals surface area contributed by atoms with Crippen LogP contribution in [0.3, 0.4) is 0 Å². The summed E-state index contributed by atoms with van der Waals surface area (Å²) in [6, 6.07) is 13.0. The third-order valence-corrected chi connectivity index (χ3v) is 3.92. The van der Waals surface area contributed by atoms with Gasteiger partial charge in [-0.15, -0.1) is 6.07 Å². The smallest absolute Gasteiger partial charge is 0.324 e. The largest absolute Gasteiger partial charge is 0.410 e. The number of nitrogens with one attached hydrogen (secondary N) is 1. The van der Waals surface area contributed by atoms with Crippen LogP contribution in [-0.2, 0) is 46.9 Å². The van der Waals surface area contributed by atoms with Gasteiger partial charge in [-0.3, -0.25) is 4.99 Å². The Kier molecular flexibility index (Phi) is 7.88. The van der Waals surface area contributed by atoms with Gasteiger partial charge in [0.1, 0.15) is 18.3 Å². The standard InChI is InChI=1S/C17H19N3O5.Y/c1-23-10-12-14(21)15(24-2)16(25-12)20-9-8-13(19-17(20)22)18-11-6-4-3-5-7-11;/h3-6,9,12,14-16,21H,10H2,1-2H3,(H,18,19,22);/q-2;/t12-,14?,15+,16-;/m1./s1. The van der Waals surface area contributed by atoms with E-state index in [4.69, 9.17) is 14.2 Å². The molecule has 2 N–H and O–H groups in total. The summed E-state index contributed by atoms with van der Waals surface area (Å²) in [5.41, 5.74) is 0.394. The van der Waals surface area contributed by atoms with E-state index in [2.05, 4.69) is 22.1 Å². The summed E-state index contributed by atoms with van der Waals surface area (Å²) < 4.78 is 17.3. The van der Waals surface area contributed by atoms with Crippen molar-refractivity contribution in [3.8, 4) is 0 Å². The molecule has 1 fully saturated rings. The van der Waals surface area contributed by atoms with Crippen LogP contribution in [0.5, 0.6) is 0 Å². The second-order valence-electron chi connectivity index (χ2n) is 5.53. The molecule has 4 atom stereocenters. The average molecular weight is 434 g/mol. The maximum atomic E-state index is 12.4. The van der Waals surface area contributed by atoms with Gasteiger partial charge in [-0.05, 0) is 5.49 Å². The molecule has 1 aliphatic rings. The van der Waals surface area contributed by atoms with E-state index in [1.807, 2.05) is 12.1 Å². The summed E-state index contributed by atoms with van der Waals surface area (Å²) in [7, 11) is 2.96. The summed E-state index contributed by atoms with van der Waals surface area (Å²) in [5.74, 6) is 0. The molecule has 8 nitrogen and oxygen atoms in total. The number of methoxy groups -OCH3 is 2. The van der Waals surface area contributed by atoms with Gasteiger partial charge in [-0.2, -0.15) is 30.5 Å². The van der Waals surface area contributed by atoms with Crippen LogP contribution >= 0.6 is 0 Å². The van der Waals surface area contributed by atoms with Gasteiger partial charge in [0.05, 0.1) is 6.61 Å². The predicted octanol–water partition coefficient (Wildman–Crippen LogP) is -0.0736. The number of aliphatic hydroxyl groups excluding tert-OH is 1. The molecule has 2 aromatic rings. The van der Waals surface area contributed by atoms with Crippen molar-refractivity contribution in [2.75, 3.05) is 20.8 Å². The molecule has 1 saturated heterocycles. The molecule has 26 heavy (non-hydrogen) atoms. The maximum absolute atomic E-state index is 12.4. The molecule has 0 saturated carbocycles. The fourth-order valence-electron chi connectivity index (χ4n) is 2.71. The molecular weight excluding hydrogens is 415 g/mol. The van der Waals surface area contributed by atoms with E-state index in [-0.39, 0.29) is 44.8 Å². The molecule has 1 unspecified atom stereocenters. The SMILES string of the molecule is COC[C@H]1O[C@@H](n2c[c-]c(=Nc3[c-]cccc3)[nH]c2=O)[C@@H](OC)C1O.[Y]. The van der Waals surface area contributed by atoms with Crippen molar-refractivity contribution in [2.24, 2.45) is 4.99 Å². The number of rotatable bonds is 5. The van der Waals surface area contributed by atoms with Crippen LogP contribution in [0.4, 0.5) is 5.69 Å². The molecule has 137 valence electrons. The second kappa shape index (κ2) is 9.68. The fraction of sp³-hybridized carbons (Fsp3) is 0.412. The summed E-state index contributed by atoms with van der Waals surface area (Å²) in [6.45, 7) is 0.191. The number of H-pyrrole nitrogens is 1. The van der Waals surface area contributed by atoms with Crippen molar-refractivity contribution in [1.82, 2.24) is 9.55 Å². The summed E-state index contributed by atoms with van der Waals surface area (Å²) in [5, 5.41) is 10.3. The van der Waals surface area contributed by atoms with Gasteiger partial charge in [0.15, 0.2) is 6.23 Å². The minimum absolute atomic E-state index is 0. The zero-order chi connectivity index (χ0) is 17.8. The van der Waals surface area contributed by atoms with E-state index in [0.717, 1.165) is 0 Å². The van der Waals surface area contributed by atoms with E-state index in [0.29, 0.717) is 5.69 Å². The Bertz CT molecular complexity index is 823. The van der Waals surface area contributed by atoms with E-state index >= 15 is 0 Å². The number of aromatic nitrogens is 2. The van der Waals surface area contributed by atoms with Gasteiger partial charge in [0.25, 0.3) is 0 Å². The van der Waals surface area contributed by atoms with Gasteiger partial charge in [0, 0.05) is 46.9 Å². The van der Waals surface area contributed by atoms with Gasteiger partial charge in [-0.25, -0.2) is 4.79 Å². The maximum Gasteiger partial charge on any atom is 0.324 e. The van der Waals surface area contributed by atoms with Crippen molar-refractivity contribution >= 4 is 5.69 Å². The summed E-state index contributed by atoms with van der Waals surface area (Å²) >= 11 is 0. The summed E-state index contributed by atoms with van der Waals surface area (Å²) in [4.78, 5) is 19.3. The Labute approximate surface area is 175 Å². The number of aliphatic hydroxyl groups is 1. The zero-order valence-electron chi connectivity index (χ0n) is 14.5. The number of para-hydroxylation sites is 1. The topological polar surface area (TPSA) is 98.1 Å². The van der Waals surface area contributed by atoms with Crippen molar-refractivity contribution < 1.29 is 52.0 Å². The minimum atomic E-state index is -0.912. The Balaban J connectivity index is 0.00000243. The molecule has 0 spiro atoms. The van der Waals surface area contributed by atoms with E-state index < -0.39 is 30.2 Å². The zero-order valence-corrected chi connectivity index (χ0v) is 17.3. The first-order valence-corrected chi connectivity index (χ1v) is 7.74. The van der Waals surface area contributed by atoms with Crippen LogP contribution in [0, 0.1) is 12.1 Å². The van der Waals surface area contributed by atoms with Gasteiger partial charge in [-0.1, -0.05) is 5.69 Å². The molecular formula is C17H19N3O5Y-2. The Morgan fingerprint density at radius 1 is 1.38 bits per heavy atom. The summed E-state index contributed by atoms with van der Waals surface area (Å²) in [6.07, 6.45) is -1.57. The first-order chi connectivity index (χ1) is 12.1. The number of hydrogen-bond donors (Lipinski definition) is 2. The monoisotopic (exact) mass is 434 g/mol. The van der Waals surface area contributed by atoms with Crippen molar-refractivity contribution in [2.45, 2.75) is 24.5 Å². The van der Waals surface area contributed by atoms with Crippen LogP contribution in [-0.4, -0.2) is 53.8 Å². The fourth-order valence-corrected chi connectivity index (χ4v) is 2.71. The predicted molar refractivity (Wildman–Crippen MR) is 87.0 cm³/mol. The third-order valence-electron chi connectivity index (χ3n) is 3.92. The number of nitrogens with zero attached hydrogens (tertiary/aromatic N) is 2. The van der Waals surface area contributed by atoms with E-state index in [9.17, 15) is 9.90 Å². The van der Waals surface area contributed by atoms with Crippen LogP contribution < -0.4 is 11.2 Å². The molecule has 3 rings (SSSR count). The molecule has 0 aliphatic carbocycles. The minimum Gasteiger partial charge on any atom is -0.410 e. The van der Waals surface area contributed by atoms with E-state index in [1.165, 1.54) is 25.0 Å². The van der Waals surface area contributed by atoms with E-state index in [1.54, 1.807) is 12.1 Å². The van der Waals surface area contributed by atoms with Crippen LogP contribution in [0.2, 0.25) is 0 Å². The Hall–Kier alpha value is -1.16. The molecule has 9 heteroatoms. The van der Waals surface area contributed by atoms with Gasteiger partial charge in [0.2, 0.25) is 0 Å². The molecule has 0 amide bonds. The molecule has 0 bridgehead atoms. The number of aromatic amines is 1. The molecule has 1 aromatic heterocycles. The first-order valence-electron chi connectivity index (χ1n) is 7.74. The van der Waals surface area contributed by atoms with Crippen LogP contribution in [0.15, 0.2) is 40.2 Å². The molecule has 1 aliphatic heterocycles. The number of ether oxygens (including phenoxy) is 3. The number of hydrogen-bond acceptors (Lipinski definition) is 6. The molecule has 1 radical (unpaired) electrons. The van der Waals surface area contributed by atoms with Gasteiger partial charge < -0.3 is 34.9 Å². The third kappa shape index (κ3) is 4.57. The van der Waals surface area contributed by atoms with Crippen molar-refractivity contribution in [3.63, 3.8) is 0 Å². The average Bonchev–Trinajstić information content (AvgIpc) is 2.92. The van der Waals surface area contributed by atoms with Gasteiger partial charge >= 0.3 is 5.69 Å².